The second-order valence-electron chi connectivity index (χ2n) is 49.1. The van der Waals surface area contributed by atoms with E-state index in [9.17, 15) is 0 Å². The van der Waals surface area contributed by atoms with Crippen molar-refractivity contribution in [3.8, 4) is 0 Å². The monoisotopic (exact) mass is 1790 g/mol. The Labute approximate surface area is 821 Å². The first kappa shape index (κ1) is 111. The maximum atomic E-state index is 3.97. The number of unbranched alkanes of at least 4 members (excludes halogenated alkanes) is 6. The van der Waals surface area contributed by atoms with E-state index in [0.717, 1.165) is 166 Å². The average molecular weight is 1790 g/mol. The third kappa shape index (κ3) is 42.9. The highest BCUT2D eigenvalue weighted by atomic mass is 14.4. The summed E-state index contributed by atoms with van der Waals surface area (Å²) in [6.07, 6.45) is 130. The summed E-state index contributed by atoms with van der Waals surface area (Å²) in [4.78, 5) is 0. The zero-order chi connectivity index (χ0) is 90.3. The Balaban J connectivity index is -0.000000292. The van der Waals surface area contributed by atoms with Gasteiger partial charge in [-0.3, -0.25) is 0 Å². The Hall–Kier alpha value is -1.04. The smallest absolute Gasteiger partial charge is 0 e. The predicted octanol–water partition coefficient (Wildman–Crippen LogP) is 46.3. The minimum Gasteiger partial charge on any atom is -0.103 e. The molecule has 0 aromatic rings. The van der Waals surface area contributed by atoms with Gasteiger partial charge in [0.2, 0.25) is 0 Å². The molecule has 0 aromatic carbocycles. The molecule has 0 saturated heterocycles. The molecule has 0 heterocycles. The molecule has 14 saturated carbocycles. The van der Waals surface area contributed by atoms with Crippen molar-refractivity contribution in [1.29, 1.82) is 0 Å². The van der Waals surface area contributed by atoms with Gasteiger partial charge < -0.3 is 0 Å². The molecule has 14 rings (SSSR count). The summed E-state index contributed by atoms with van der Waals surface area (Å²) in [5, 5.41) is 0. The van der Waals surface area contributed by atoms with Crippen molar-refractivity contribution in [2.75, 3.05) is 0 Å². The van der Waals surface area contributed by atoms with E-state index in [1.807, 2.05) is 0 Å². The van der Waals surface area contributed by atoms with E-state index in [4.69, 9.17) is 0 Å². The topological polar surface area (TPSA) is 0 Å². The third-order valence-electron chi connectivity index (χ3n) is 40.6. The van der Waals surface area contributed by atoms with Gasteiger partial charge in [0, 0.05) is 20.0 Å². The van der Waals surface area contributed by atoms with Crippen LogP contribution in [0.5, 0.6) is 0 Å². The van der Waals surface area contributed by atoms with Crippen LogP contribution in [0.2, 0.25) is 0 Å². The number of allylic oxidation sites excluding steroid dienone is 4. The van der Waals surface area contributed by atoms with Crippen LogP contribution in [0.15, 0.2) is 50.6 Å². The van der Waals surface area contributed by atoms with E-state index in [-0.39, 0.29) is 20.0 Å². The molecule has 0 aromatic heterocycles. The fourth-order valence-electron chi connectivity index (χ4n) is 31.4. The third-order valence-corrected chi connectivity index (χ3v) is 40.6. The molecule has 0 heteroatoms. The molecule has 0 spiro atoms. The molecule has 127 heavy (non-hydrogen) atoms. The molecular formula is C127H260. The summed E-state index contributed by atoms with van der Waals surface area (Å²) in [7, 11) is 0. The molecule has 0 bridgehead atoms. The van der Waals surface area contributed by atoms with Crippen molar-refractivity contribution in [1.82, 2.24) is 0 Å². The van der Waals surface area contributed by atoms with Crippen LogP contribution in [0, 0.1) is 166 Å². The van der Waals surface area contributed by atoms with Gasteiger partial charge in [-0.2, -0.15) is 0 Å². The average Bonchev–Trinajstić information content (AvgIpc) is 0.896. The van der Waals surface area contributed by atoms with Gasteiger partial charge in [0.25, 0.3) is 0 Å². The lowest BCUT2D eigenvalue weighted by Crippen LogP contribution is -2.25. The molecule has 14 fully saturated rings. The van der Waals surface area contributed by atoms with Gasteiger partial charge in [0.15, 0.2) is 0 Å². The van der Waals surface area contributed by atoms with Crippen molar-refractivity contribution in [3.05, 3.63) is 50.6 Å². The zero-order valence-electron chi connectivity index (χ0n) is 88.6. The van der Waals surface area contributed by atoms with Gasteiger partial charge in [-0.1, -0.05) is 382 Å². The van der Waals surface area contributed by atoms with E-state index < -0.39 is 0 Å². The first-order valence-corrected chi connectivity index (χ1v) is 60.8. The molecule has 0 N–H and O–H groups in total. The van der Waals surface area contributed by atoms with Gasteiger partial charge in [0.05, 0.1) is 0 Å². The van der Waals surface area contributed by atoms with E-state index >= 15 is 0 Å². The van der Waals surface area contributed by atoms with Gasteiger partial charge in [-0.05, 0) is 397 Å². The highest BCUT2D eigenvalue weighted by molar-refractivity contribution is 4.94. The fourth-order valence-corrected chi connectivity index (χ4v) is 31.4. The van der Waals surface area contributed by atoms with Gasteiger partial charge in [0.1, 0.15) is 0 Å². The van der Waals surface area contributed by atoms with Crippen LogP contribution < -0.4 is 0 Å². The van der Waals surface area contributed by atoms with E-state index in [1.165, 1.54) is 366 Å². The Morgan fingerprint density at radius 2 is 0.268 bits per heavy atom. The van der Waals surface area contributed by atoms with Crippen molar-refractivity contribution in [2.45, 2.75) is 589 Å². The lowest BCUT2D eigenvalue weighted by Gasteiger charge is -2.38. The van der Waals surface area contributed by atoms with Crippen molar-refractivity contribution >= 4 is 0 Å². The first-order valence-electron chi connectivity index (χ1n) is 60.8. The predicted molar refractivity (Wildman–Crippen MR) is 599 cm³/mol. The molecule has 14 aliphatic carbocycles. The van der Waals surface area contributed by atoms with Crippen molar-refractivity contribution in [2.24, 2.45) is 166 Å². The normalized spacial score (nSPS) is 37.3. The van der Waals surface area contributed by atoms with Crippen molar-refractivity contribution < 1.29 is 20.0 Å². The minimum atomic E-state index is 0. The van der Waals surface area contributed by atoms with Crippen LogP contribution in [-0.4, -0.2) is 0 Å². The molecule has 768 valence electrons. The second-order valence-corrected chi connectivity index (χ2v) is 49.1. The molecule has 0 nitrogen and oxygen atoms in total. The van der Waals surface area contributed by atoms with Gasteiger partial charge >= 0.3 is 0 Å². The van der Waals surface area contributed by atoms with Gasteiger partial charge in [-0.25, -0.2) is 0 Å². The number of rotatable bonds is 36. The maximum absolute atomic E-state index is 3.97. The molecular weight excluding hydrogens is 1530 g/mol. The van der Waals surface area contributed by atoms with E-state index in [2.05, 4.69) is 120 Å². The second kappa shape index (κ2) is 68.1. The Kier molecular flexibility index (Phi) is 59.6. The van der Waals surface area contributed by atoms with E-state index in [0.29, 0.717) is 0 Å². The Morgan fingerprint density at radius 3 is 0.394 bits per heavy atom. The summed E-state index contributed by atoms with van der Waals surface area (Å²) in [5.41, 5.74) is 0. The maximum Gasteiger partial charge on any atom is 0 e. The zero-order valence-corrected chi connectivity index (χ0v) is 88.6. The summed E-state index contributed by atoms with van der Waals surface area (Å²) >= 11 is 0. The van der Waals surface area contributed by atoms with Crippen LogP contribution in [0.25, 0.3) is 0 Å². The molecule has 0 atom stereocenters. The van der Waals surface area contributed by atoms with Gasteiger partial charge in [-0.15, -0.1) is 26.3 Å². The fraction of sp³-hybridized carbons (Fsp3) is 0.937. The quantitative estimate of drug-likeness (QED) is 0.0433. The lowest BCUT2D eigenvalue weighted by atomic mass is 9.68. The summed E-state index contributed by atoms with van der Waals surface area (Å²) in [6, 6.07) is 0. The SMILES string of the molecule is C=CC1CCC(C2CCC(CCC)CC2)CC1.C=CC1CCC(C2CCC(CCC)CC2)CC1.C=CC1CCC(C2CCC(CCCC)CC2)CC1.C=CC1CCC(C2CCC(CCCCC)CC2)CC1.CCCC1CCC(C2CCC(CC)CC2)CC1.CCCCC1CCC(C2CCC(CCC)CC2)CC1.CCCCCC1CCC(C2CCC(CCC)CC2)CC1.[HH].[HH].[HH].[HH].[HH].[HH].[HH].[HH].[HH].[HH].[HH].[HH].[HH].[HH]. The number of hydrogen-bond donors (Lipinski definition) is 0. The Bertz CT molecular complexity index is 2540. The van der Waals surface area contributed by atoms with Crippen molar-refractivity contribution in [3.63, 3.8) is 0 Å². The van der Waals surface area contributed by atoms with Crippen LogP contribution in [0.4, 0.5) is 0 Å². The minimum absolute atomic E-state index is 0. The highest BCUT2D eigenvalue weighted by Crippen LogP contribution is 2.51. The van der Waals surface area contributed by atoms with Crippen LogP contribution >= 0.6 is 0 Å². The molecule has 0 amide bonds. The number of hydrogen-bond acceptors (Lipinski definition) is 0. The first-order chi connectivity index (χ1) is 62.3. The van der Waals surface area contributed by atoms with Crippen LogP contribution in [-0.2, 0) is 0 Å². The van der Waals surface area contributed by atoms with Crippen LogP contribution in [0.3, 0.4) is 0 Å². The summed E-state index contributed by atoms with van der Waals surface area (Å²) < 4.78 is 0. The molecule has 0 aliphatic heterocycles. The van der Waals surface area contributed by atoms with Crippen LogP contribution in [0.1, 0.15) is 609 Å². The molecule has 0 unspecified atom stereocenters. The highest BCUT2D eigenvalue weighted by Gasteiger charge is 2.38. The Morgan fingerprint density at radius 1 is 0.142 bits per heavy atom. The lowest BCUT2D eigenvalue weighted by molar-refractivity contribution is 0.140. The molecule has 0 radical (unpaired) electrons. The van der Waals surface area contributed by atoms with E-state index in [1.54, 1.807) is 154 Å². The molecule has 14 aliphatic rings. The summed E-state index contributed by atoms with van der Waals surface area (Å²) in [6.45, 7) is 39.2. The summed E-state index contributed by atoms with van der Waals surface area (Å²) in [5.74, 6) is 29.4. The largest absolute Gasteiger partial charge is 0.103 e. The standard InChI is InChI=1S/C20H38.C19H34.C19H36.C18H32.C17H32.2C17H30.14H2/c1-3-5-6-8-18-11-15-20(16-12-18)19-13-9-17(7-4-2)10-14-19;1-3-5-6-7-17-10-14-19(15-11-17)18-12-8-16(4-2)9-13-18;1-3-5-7-17-10-14-19(15-11-17)18-12-8-16(6-4-2)9-13-18;1-3-5-6-16-9-13-18(14-10-16)17-11-7-15(4-2)8-12-17;3*1-3-5-15-8-12-17(13-9-15)16-10-6-14(4-2)7-11-16;;;;;;;;;;;;;;/h17-20H,3-16H2,1-2H3;4,16-19H,2-3,5-15H2,1H3;16-19H,3-15H2,1-2H3;4,15-18H,2-3,5-14H2,1H3;14-17H,3-13H2,1-2H3;2*4,14-17H,2-3,5-13H2,1H3;14*1H.